The average molecular weight is 430 g/mol. The first-order valence-corrected chi connectivity index (χ1v) is 10.6. The van der Waals surface area contributed by atoms with E-state index in [1.807, 2.05) is 0 Å². The second-order valence-electron chi connectivity index (χ2n) is 6.62. The third kappa shape index (κ3) is 4.83. The van der Waals surface area contributed by atoms with Crippen LogP contribution in [-0.4, -0.2) is 20.9 Å². The van der Waals surface area contributed by atoms with Crippen LogP contribution in [0.15, 0.2) is 83.8 Å². The molecular weight excluding hydrogens is 410 g/mol. The lowest BCUT2D eigenvalue weighted by molar-refractivity contribution is -0.120. The first-order chi connectivity index (χ1) is 14.3. The lowest BCUT2D eigenvalue weighted by Gasteiger charge is -2.25. The molecule has 30 heavy (non-hydrogen) atoms. The van der Waals surface area contributed by atoms with Crippen molar-refractivity contribution < 1.29 is 22.0 Å². The Morgan fingerprint density at radius 1 is 0.933 bits per heavy atom. The number of halogens is 2. The molecule has 1 N–H and O–H groups in total. The summed E-state index contributed by atoms with van der Waals surface area (Å²) in [6.07, 6.45) is 0. The van der Waals surface area contributed by atoms with E-state index in [1.165, 1.54) is 54.6 Å². The van der Waals surface area contributed by atoms with E-state index in [2.05, 4.69) is 5.32 Å². The molecule has 0 saturated heterocycles. The van der Waals surface area contributed by atoms with Crippen LogP contribution in [0.3, 0.4) is 0 Å². The molecule has 1 amide bonds. The number of nitrogens with zero attached hydrogens (tertiary/aromatic N) is 1. The molecule has 0 aliphatic rings. The van der Waals surface area contributed by atoms with Gasteiger partial charge in [-0.2, -0.15) is 0 Å². The number of benzene rings is 3. The molecule has 8 heteroatoms. The van der Waals surface area contributed by atoms with Gasteiger partial charge in [-0.15, -0.1) is 0 Å². The maximum absolute atomic E-state index is 14.4. The normalized spacial score (nSPS) is 12.2. The Hall–Kier alpha value is -3.26. The van der Waals surface area contributed by atoms with Crippen LogP contribution in [0.5, 0.6) is 0 Å². The van der Waals surface area contributed by atoms with E-state index >= 15 is 0 Å². The number of anilines is 1. The Bertz CT molecular complexity index is 1120. The number of hydrogen-bond acceptors (Lipinski definition) is 3. The Kier molecular flexibility index (Phi) is 6.47. The summed E-state index contributed by atoms with van der Waals surface area (Å²) in [7, 11) is -4.19. The number of rotatable bonds is 7. The van der Waals surface area contributed by atoms with E-state index < -0.39 is 40.2 Å². The van der Waals surface area contributed by atoms with Gasteiger partial charge in [0.15, 0.2) is 0 Å². The van der Waals surface area contributed by atoms with Gasteiger partial charge in [0, 0.05) is 0 Å². The largest absolute Gasteiger partial charge is 0.348 e. The van der Waals surface area contributed by atoms with Gasteiger partial charge in [0.05, 0.1) is 16.6 Å². The van der Waals surface area contributed by atoms with Gasteiger partial charge in [0.25, 0.3) is 10.0 Å². The summed E-state index contributed by atoms with van der Waals surface area (Å²) in [4.78, 5) is 12.6. The zero-order valence-electron chi connectivity index (χ0n) is 16.1. The summed E-state index contributed by atoms with van der Waals surface area (Å²) < 4.78 is 54.6. The van der Waals surface area contributed by atoms with Crippen LogP contribution < -0.4 is 9.62 Å². The fourth-order valence-corrected chi connectivity index (χ4v) is 4.38. The minimum absolute atomic E-state index is 0.0624. The molecule has 0 aromatic heterocycles. The molecule has 0 aliphatic carbocycles. The summed E-state index contributed by atoms with van der Waals surface area (Å²) in [5.74, 6) is -1.80. The van der Waals surface area contributed by atoms with Crippen LogP contribution in [0.1, 0.15) is 18.5 Å². The van der Waals surface area contributed by atoms with Crippen molar-refractivity contribution in [3.63, 3.8) is 0 Å². The molecule has 3 rings (SSSR count). The third-order valence-electron chi connectivity index (χ3n) is 4.49. The molecule has 0 fully saturated rings. The van der Waals surface area contributed by atoms with Crippen molar-refractivity contribution in [1.82, 2.24) is 5.32 Å². The number of para-hydroxylation sites is 1. The highest BCUT2D eigenvalue weighted by Crippen LogP contribution is 2.26. The molecule has 3 aromatic rings. The Labute approximate surface area is 174 Å². The minimum Gasteiger partial charge on any atom is -0.348 e. The molecule has 156 valence electrons. The minimum atomic E-state index is -4.19. The quantitative estimate of drug-likeness (QED) is 0.615. The van der Waals surface area contributed by atoms with E-state index in [4.69, 9.17) is 0 Å². The van der Waals surface area contributed by atoms with E-state index in [0.29, 0.717) is 5.56 Å². The van der Waals surface area contributed by atoms with Gasteiger partial charge >= 0.3 is 0 Å². The second kappa shape index (κ2) is 9.04. The fraction of sp³-hybridized carbons (Fsp3) is 0.136. The van der Waals surface area contributed by atoms with E-state index in [1.54, 1.807) is 25.1 Å². The van der Waals surface area contributed by atoms with Crippen LogP contribution in [0.2, 0.25) is 0 Å². The number of nitrogens with one attached hydrogen (secondary N) is 1. The average Bonchev–Trinajstić information content (AvgIpc) is 2.73. The number of carbonyl (C=O) groups is 1. The second-order valence-corrected chi connectivity index (χ2v) is 8.48. The van der Waals surface area contributed by atoms with Gasteiger partial charge in [0.2, 0.25) is 5.91 Å². The molecule has 0 spiro atoms. The van der Waals surface area contributed by atoms with Crippen molar-refractivity contribution in [3.05, 3.63) is 96.1 Å². The predicted molar refractivity (Wildman–Crippen MR) is 110 cm³/mol. The number of sulfonamides is 1. The molecule has 0 heterocycles. The first-order valence-electron chi connectivity index (χ1n) is 9.16. The van der Waals surface area contributed by atoms with Gasteiger partial charge in [0.1, 0.15) is 18.2 Å². The number of hydrogen-bond donors (Lipinski definition) is 1. The van der Waals surface area contributed by atoms with Crippen LogP contribution in [0, 0.1) is 11.6 Å². The van der Waals surface area contributed by atoms with Crippen LogP contribution in [-0.2, 0) is 14.8 Å². The van der Waals surface area contributed by atoms with Crippen molar-refractivity contribution in [2.24, 2.45) is 0 Å². The third-order valence-corrected chi connectivity index (χ3v) is 6.26. The van der Waals surface area contributed by atoms with Crippen LogP contribution in [0.25, 0.3) is 0 Å². The summed E-state index contributed by atoms with van der Waals surface area (Å²) in [6.45, 7) is 1.06. The molecular formula is C22H20F2N2O3S. The molecule has 0 saturated carbocycles. The predicted octanol–water partition coefficient (Wildman–Crippen LogP) is 4.04. The fourth-order valence-electron chi connectivity index (χ4n) is 2.93. The van der Waals surface area contributed by atoms with E-state index in [-0.39, 0.29) is 10.6 Å². The van der Waals surface area contributed by atoms with Crippen molar-refractivity contribution in [3.8, 4) is 0 Å². The van der Waals surface area contributed by atoms with Gasteiger partial charge < -0.3 is 5.32 Å². The monoisotopic (exact) mass is 430 g/mol. The molecule has 5 nitrogen and oxygen atoms in total. The SMILES string of the molecule is C[C@@H](NC(=O)CN(c1ccccc1F)S(=O)(=O)c1ccccc1)c1ccc(F)cc1. The molecule has 3 aromatic carbocycles. The Morgan fingerprint density at radius 2 is 1.53 bits per heavy atom. The molecule has 0 radical (unpaired) electrons. The number of carbonyl (C=O) groups excluding carboxylic acids is 1. The highest BCUT2D eigenvalue weighted by molar-refractivity contribution is 7.92. The Morgan fingerprint density at radius 3 is 2.17 bits per heavy atom. The molecule has 0 bridgehead atoms. The maximum Gasteiger partial charge on any atom is 0.264 e. The maximum atomic E-state index is 14.4. The lowest BCUT2D eigenvalue weighted by Crippen LogP contribution is -2.42. The summed E-state index contributed by atoms with van der Waals surface area (Å²) in [6, 6.07) is 17.9. The van der Waals surface area contributed by atoms with E-state index in [0.717, 1.165) is 10.4 Å². The highest BCUT2D eigenvalue weighted by atomic mass is 32.2. The standard InChI is InChI=1S/C22H20F2N2O3S/c1-16(17-11-13-18(23)14-12-17)25-22(27)15-26(21-10-6-5-9-20(21)24)30(28,29)19-7-3-2-4-8-19/h2-14,16H,15H2,1H3,(H,25,27)/t16-/m1/s1. The summed E-state index contributed by atoms with van der Waals surface area (Å²) in [5, 5.41) is 2.67. The van der Waals surface area contributed by atoms with Crippen molar-refractivity contribution in [2.45, 2.75) is 17.9 Å². The summed E-state index contributed by atoms with van der Waals surface area (Å²) in [5.41, 5.74) is 0.416. The lowest BCUT2D eigenvalue weighted by atomic mass is 10.1. The zero-order valence-corrected chi connectivity index (χ0v) is 16.9. The smallest absolute Gasteiger partial charge is 0.264 e. The number of amides is 1. The first kappa shape index (κ1) is 21.4. The Balaban J connectivity index is 1.88. The summed E-state index contributed by atoms with van der Waals surface area (Å²) >= 11 is 0. The van der Waals surface area contributed by atoms with E-state index in [9.17, 15) is 22.0 Å². The molecule has 0 unspecified atom stereocenters. The van der Waals surface area contributed by atoms with Crippen molar-refractivity contribution in [1.29, 1.82) is 0 Å². The molecule has 1 atom stereocenters. The van der Waals surface area contributed by atoms with Crippen molar-refractivity contribution >= 4 is 21.6 Å². The topological polar surface area (TPSA) is 66.5 Å². The van der Waals surface area contributed by atoms with Gasteiger partial charge in [-0.25, -0.2) is 17.2 Å². The molecule has 0 aliphatic heterocycles. The van der Waals surface area contributed by atoms with Crippen molar-refractivity contribution in [2.75, 3.05) is 10.8 Å². The van der Waals surface area contributed by atoms with Crippen LogP contribution in [0.4, 0.5) is 14.5 Å². The highest BCUT2D eigenvalue weighted by Gasteiger charge is 2.29. The van der Waals surface area contributed by atoms with Crippen LogP contribution >= 0.6 is 0 Å². The van der Waals surface area contributed by atoms with Gasteiger partial charge in [-0.05, 0) is 48.9 Å². The zero-order chi connectivity index (χ0) is 21.7. The van der Waals surface area contributed by atoms with Gasteiger partial charge in [-0.1, -0.05) is 42.5 Å². The van der Waals surface area contributed by atoms with Gasteiger partial charge in [-0.3, -0.25) is 9.10 Å².